The van der Waals surface area contributed by atoms with Gasteiger partial charge < -0.3 is 16.2 Å². The Balaban J connectivity index is 0.00000456. The summed E-state index contributed by atoms with van der Waals surface area (Å²) in [6, 6.07) is 19.6. The van der Waals surface area contributed by atoms with E-state index < -0.39 is 30.4 Å². The molecule has 3 aromatic carbocycles. The molecule has 0 saturated carbocycles. The van der Waals surface area contributed by atoms with Gasteiger partial charge in [-0.3, -0.25) is 19.3 Å². The number of halogens is 1. The van der Waals surface area contributed by atoms with Crippen LogP contribution in [0.3, 0.4) is 0 Å². The van der Waals surface area contributed by atoms with Crippen LogP contribution in [0.15, 0.2) is 66.7 Å². The predicted octanol–water partition coefficient (Wildman–Crippen LogP) is 3.60. The molecule has 0 saturated heterocycles. The molecule has 3 aromatic rings. The van der Waals surface area contributed by atoms with Crippen LogP contribution in [0.25, 0.3) is 10.8 Å². The fourth-order valence-corrected chi connectivity index (χ4v) is 3.99. The molecule has 4 N–H and O–H groups in total. The quantitative estimate of drug-likeness (QED) is 0.340. The normalized spacial score (nSPS) is 11.4. The zero-order chi connectivity index (χ0) is 25.2. The van der Waals surface area contributed by atoms with Crippen molar-refractivity contribution in [1.82, 2.24) is 10.2 Å². The predicted molar refractivity (Wildman–Crippen MR) is 144 cm³/mol. The second-order valence-electron chi connectivity index (χ2n) is 8.56. The Morgan fingerprint density at radius 3 is 2.25 bits per heavy atom. The molecule has 8 heteroatoms. The van der Waals surface area contributed by atoms with Crippen molar-refractivity contribution in [2.75, 3.05) is 13.2 Å². The number of nitrogens with two attached hydrogens (primary N) is 1. The van der Waals surface area contributed by atoms with Crippen molar-refractivity contribution in [2.24, 2.45) is 5.73 Å². The average molecular weight is 512 g/mol. The summed E-state index contributed by atoms with van der Waals surface area (Å²) in [4.78, 5) is 40.1. The largest absolute Gasteiger partial charge is 0.387 e. The lowest BCUT2D eigenvalue weighted by Gasteiger charge is -2.26. The van der Waals surface area contributed by atoms with Gasteiger partial charge in [0.15, 0.2) is 0 Å². The number of aliphatic hydroxyl groups excluding tert-OH is 1. The molecule has 3 rings (SSSR count). The molecule has 36 heavy (non-hydrogen) atoms. The van der Waals surface area contributed by atoms with Gasteiger partial charge in [-0.1, -0.05) is 74.4 Å². The highest BCUT2D eigenvalue weighted by atomic mass is 35.5. The van der Waals surface area contributed by atoms with Crippen molar-refractivity contribution >= 4 is 40.9 Å². The van der Waals surface area contributed by atoms with Crippen molar-refractivity contribution in [1.29, 1.82) is 0 Å². The fourth-order valence-electron chi connectivity index (χ4n) is 3.99. The summed E-state index contributed by atoms with van der Waals surface area (Å²) in [7, 11) is 0. The first kappa shape index (κ1) is 29.0. The molecular formula is C28H34ClN3O4. The molecular weight excluding hydrogens is 478 g/mol. The number of imide groups is 1. The van der Waals surface area contributed by atoms with E-state index in [1.54, 1.807) is 24.3 Å². The van der Waals surface area contributed by atoms with Crippen LogP contribution in [0.4, 0.5) is 0 Å². The molecule has 0 aliphatic carbocycles. The van der Waals surface area contributed by atoms with Gasteiger partial charge in [-0.05, 0) is 40.5 Å². The topological polar surface area (TPSA) is 113 Å². The van der Waals surface area contributed by atoms with E-state index in [0.29, 0.717) is 18.5 Å². The van der Waals surface area contributed by atoms with Crippen LogP contribution < -0.4 is 11.1 Å². The lowest BCUT2D eigenvalue weighted by Crippen LogP contribution is -2.52. The maximum Gasteiger partial charge on any atom is 0.254 e. The molecule has 1 atom stereocenters. The number of nitrogens with one attached hydrogen (secondary N) is 1. The first-order valence-corrected chi connectivity index (χ1v) is 12.0. The van der Waals surface area contributed by atoms with E-state index in [-0.39, 0.29) is 25.4 Å². The number of carbonyl (C=O) groups is 3. The van der Waals surface area contributed by atoms with Crippen molar-refractivity contribution in [3.05, 3.63) is 83.4 Å². The van der Waals surface area contributed by atoms with Crippen molar-refractivity contribution < 1.29 is 19.5 Å². The van der Waals surface area contributed by atoms with E-state index in [2.05, 4.69) is 5.32 Å². The second-order valence-corrected chi connectivity index (χ2v) is 8.56. The summed E-state index contributed by atoms with van der Waals surface area (Å²) in [5.41, 5.74) is 7.78. The van der Waals surface area contributed by atoms with Crippen LogP contribution in [-0.4, -0.2) is 46.9 Å². The minimum atomic E-state index is -0.977. The van der Waals surface area contributed by atoms with E-state index in [0.717, 1.165) is 39.6 Å². The third kappa shape index (κ3) is 7.62. The number of carbonyl (C=O) groups excluding carboxylic acids is 3. The van der Waals surface area contributed by atoms with Crippen LogP contribution in [0.2, 0.25) is 0 Å². The lowest BCUT2D eigenvalue weighted by molar-refractivity contribution is -0.148. The van der Waals surface area contributed by atoms with E-state index >= 15 is 0 Å². The minimum Gasteiger partial charge on any atom is -0.387 e. The van der Waals surface area contributed by atoms with Gasteiger partial charge in [0, 0.05) is 25.1 Å². The van der Waals surface area contributed by atoms with E-state index in [1.807, 2.05) is 49.4 Å². The van der Waals surface area contributed by atoms with Gasteiger partial charge in [-0.15, -0.1) is 12.4 Å². The monoisotopic (exact) mass is 511 g/mol. The van der Waals surface area contributed by atoms with Crippen LogP contribution in [-0.2, 0) is 22.6 Å². The SMILES string of the molecule is CCCCCN(C(=O)CO)C(=O)[C@H](Cc1ccc2ccccc2c1)NC(=O)c1ccc(CN)cc1.Cl. The van der Waals surface area contributed by atoms with Gasteiger partial charge in [-0.25, -0.2) is 0 Å². The van der Waals surface area contributed by atoms with Crippen molar-refractivity contribution in [3.8, 4) is 0 Å². The van der Waals surface area contributed by atoms with E-state index in [9.17, 15) is 19.5 Å². The third-order valence-electron chi connectivity index (χ3n) is 6.00. The number of hydrogen-bond acceptors (Lipinski definition) is 5. The Morgan fingerprint density at radius 1 is 0.944 bits per heavy atom. The third-order valence-corrected chi connectivity index (χ3v) is 6.00. The van der Waals surface area contributed by atoms with Gasteiger partial charge in [0.25, 0.3) is 17.7 Å². The summed E-state index contributed by atoms with van der Waals surface area (Å²) in [6.45, 7) is 1.82. The van der Waals surface area contributed by atoms with Crippen molar-refractivity contribution in [2.45, 2.75) is 45.2 Å². The van der Waals surface area contributed by atoms with Crippen LogP contribution in [0, 0.1) is 0 Å². The molecule has 0 spiro atoms. The number of amides is 3. The standard InChI is InChI=1S/C28H33N3O4.ClH/c1-2-3-6-15-31(26(33)19-32)28(35)25(30-27(34)23-13-9-20(18-29)10-14-23)17-21-11-12-22-7-4-5-8-24(22)16-21;/h4-5,7-14,16,25,32H,2-3,6,15,17-19,29H2,1H3,(H,30,34);1H/t25-;/m0./s1. The molecule has 0 unspecified atom stereocenters. The van der Waals surface area contributed by atoms with E-state index in [4.69, 9.17) is 5.73 Å². The lowest BCUT2D eigenvalue weighted by atomic mass is 10.00. The first-order chi connectivity index (χ1) is 17.0. The Bertz CT molecular complexity index is 1170. The first-order valence-electron chi connectivity index (χ1n) is 12.0. The molecule has 0 bridgehead atoms. The molecule has 7 nitrogen and oxygen atoms in total. The zero-order valence-electron chi connectivity index (χ0n) is 20.5. The smallest absolute Gasteiger partial charge is 0.254 e. The number of unbranched alkanes of at least 4 members (excludes halogenated alkanes) is 2. The number of aliphatic hydroxyl groups is 1. The number of fused-ring (bicyclic) bond motifs is 1. The Kier molecular flexibility index (Phi) is 11.5. The summed E-state index contributed by atoms with van der Waals surface area (Å²) >= 11 is 0. The summed E-state index contributed by atoms with van der Waals surface area (Å²) in [5, 5.41) is 14.4. The molecule has 192 valence electrons. The second kappa shape index (κ2) is 14.3. The Hall–Kier alpha value is -3.26. The van der Waals surface area contributed by atoms with Gasteiger partial charge in [0.2, 0.25) is 0 Å². The number of benzene rings is 3. The Labute approximate surface area is 218 Å². The minimum absolute atomic E-state index is 0. The van der Waals surface area contributed by atoms with Crippen molar-refractivity contribution in [3.63, 3.8) is 0 Å². The van der Waals surface area contributed by atoms with Crippen LogP contribution in [0.5, 0.6) is 0 Å². The van der Waals surface area contributed by atoms with E-state index in [1.165, 1.54) is 0 Å². The fraction of sp³-hybridized carbons (Fsp3) is 0.321. The number of rotatable bonds is 11. The van der Waals surface area contributed by atoms with Gasteiger partial charge in [0.05, 0.1) is 0 Å². The molecule has 0 radical (unpaired) electrons. The summed E-state index contributed by atoms with van der Waals surface area (Å²) in [5.74, 6) is -1.62. The van der Waals surface area contributed by atoms with Crippen LogP contribution in [0.1, 0.15) is 47.7 Å². The average Bonchev–Trinajstić information content (AvgIpc) is 2.90. The van der Waals surface area contributed by atoms with Gasteiger partial charge in [-0.2, -0.15) is 0 Å². The molecule has 0 heterocycles. The highest BCUT2D eigenvalue weighted by molar-refractivity contribution is 6.02. The summed E-state index contributed by atoms with van der Waals surface area (Å²) in [6.07, 6.45) is 2.60. The van der Waals surface area contributed by atoms with Gasteiger partial charge in [0.1, 0.15) is 12.6 Å². The number of nitrogens with zero attached hydrogens (tertiary/aromatic N) is 1. The molecule has 0 aromatic heterocycles. The maximum atomic E-state index is 13.5. The highest BCUT2D eigenvalue weighted by Gasteiger charge is 2.30. The highest BCUT2D eigenvalue weighted by Crippen LogP contribution is 2.18. The van der Waals surface area contributed by atoms with Crippen LogP contribution >= 0.6 is 12.4 Å². The zero-order valence-corrected chi connectivity index (χ0v) is 21.3. The number of hydrogen-bond donors (Lipinski definition) is 3. The summed E-state index contributed by atoms with van der Waals surface area (Å²) < 4.78 is 0. The molecule has 0 fully saturated rings. The Morgan fingerprint density at radius 2 is 1.61 bits per heavy atom. The molecule has 0 aliphatic rings. The molecule has 3 amide bonds. The molecule has 0 aliphatic heterocycles. The van der Waals surface area contributed by atoms with Gasteiger partial charge >= 0.3 is 0 Å². The maximum absolute atomic E-state index is 13.5.